The predicted molar refractivity (Wildman–Crippen MR) is 106 cm³/mol. The van der Waals surface area contributed by atoms with Crippen LogP contribution in [0.5, 0.6) is 0 Å². The van der Waals surface area contributed by atoms with Gasteiger partial charge in [0.05, 0.1) is 12.3 Å². The van der Waals surface area contributed by atoms with Crippen LogP contribution in [0.25, 0.3) is 0 Å². The summed E-state index contributed by atoms with van der Waals surface area (Å²) in [4.78, 5) is 28.2. The number of nitrogens with zero attached hydrogens (tertiary/aromatic N) is 1. The highest BCUT2D eigenvalue weighted by atomic mass is 16.3. The normalized spacial score (nSPS) is 13.9. The minimum Gasteiger partial charge on any atom is -0.467 e. The molecule has 2 rings (SSSR count). The van der Waals surface area contributed by atoms with Crippen LogP contribution >= 0.6 is 0 Å². The van der Waals surface area contributed by atoms with Gasteiger partial charge >= 0.3 is 0 Å². The smallest absolute Gasteiger partial charge is 0.255 e. The van der Waals surface area contributed by atoms with E-state index in [0.29, 0.717) is 11.3 Å². The zero-order valence-corrected chi connectivity index (χ0v) is 17.0. The SMILES string of the molecule is CC(C)[C@@H](C(=O)NC(C)(C)C)N(C(=O)c1ccccc1)[C@H](C)c1ccco1. The van der Waals surface area contributed by atoms with Crippen LogP contribution in [0.4, 0.5) is 0 Å². The number of benzene rings is 1. The van der Waals surface area contributed by atoms with Crippen LogP contribution in [0.15, 0.2) is 53.1 Å². The van der Waals surface area contributed by atoms with Gasteiger partial charge in [-0.05, 0) is 57.9 Å². The van der Waals surface area contributed by atoms with E-state index in [2.05, 4.69) is 5.32 Å². The highest BCUT2D eigenvalue weighted by molar-refractivity contribution is 5.98. The van der Waals surface area contributed by atoms with Gasteiger partial charge in [0.1, 0.15) is 11.8 Å². The van der Waals surface area contributed by atoms with Crippen LogP contribution in [0, 0.1) is 5.92 Å². The molecule has 2 amide bonds. The molecule has 2 atom stereocenters. The number of hydrogen-bond acceptors (Lipinski definition) is 3. The van der Waals surface area contributed by atoms with Crippen molar-refractivity contribution in [2.75, 3.05) is 0 Å². The van der Waals surface area contributed by atoms with Gasteiger partial charge in [0.25, 0.3) is 5.91 Å². The number of carbonyl (C=O) groups excluding carboxylic acids is 2. The first-order valence-corrected chi connectivity index (χ1v) is 9.35. The molecule has 0 aliphatic rings. The molecule has 146 valence electrons. The Morgan fingerprint density at radius 2 is 1.63 bits per heavy atom. The van der Waals surface area contributed by atoms with Gasteiger partial charge < -0.3 is 14.6 Å². The van der Waals surface area contributed by atoms with Gasteiger partial charge in [0.2, 0.25) is 5.91 Å². The fraction of sp³-hybridized carbons (Fsp3) is 0.455. The molecule has 2 aromatic rings. The lowest BCUT2D eigenvalue weighted by atomic mass is 9.96. The van der Waals surface area contributed by atoms with Crippen LogP contribution in [0.1, 0.15) is 63.7 Å². The van der Waals surface area contributed by atoms with Crippen LogP contribution in [-0.2, 0) is 4.79 Å². The van der Waals surface area contributed by atoms with Gasteiger partial charge in [0, 0.05) is 11.1 Å². The Kier molecular flexibility index (Phi) is 6.47. The summed E-state index contributed by atoms with van der Waals surface area (Å²) >= 11 is 0. The Balaban J connectivity index is 2.48. The molecule has 27 heavy (non-hydrogen) atoms. The second kappa shape index (κ2) is 8.42. The quantitative estimate of drug-likeness (QED) is 0.818. The lowest BCUT2D eigenvalue weighted by Gasteiger charge is -2.38. The standard InChI is InChI=1S/C22H30N2O3/c1-15(2)19(20(25)23-22(4,5)6)24(16(3)18-13-10-14-27-18)21(26)17-11-8-7-9-12-17/h7-16,19H,1-6H3,(H,23,25)/t16-,19+/m1/s1. The molecule has 0 saturated heterocycles. The molecule has 0 saturated carbocycles. The van der Waals surface area contributed by atoms with Gasteiger partial charge in [-0.1, -0.05) is 32.0 Å². The summed E-state index contributed by atoms with van der Waals surface area (Å²) in [7, 11) is 0. The van der Waals surface area contributed by atoms with Crippen molar-refractivity contribution >= 4 is 11.8 Å². The number of amides is 2. The van der Waals surface area contributed by atoms with Crippen molar-refractivity contribution in [3.8, 4) is 0 Å². The second-order valence-corrected chi connectivity index (χ2v) is 8.20. The maximum Gasteiger partial charge on any atom is 0.255 e. The summed E-state index contributed by atoms with van der Waals surface area (Å²) in [5, 5.41) is 3.02. The van der Waals surface area contributed by atoms with Crippen molar-refractivity contribution in [2.45, 2.75) is 59.2 Å². The lowest BCUT2D eigenvalue weighted by molar-refractivity contribution is -0.129. The highest BCUT2D eigenvalue weighted by Crippen LogP contribution is 2.28. The van der Waals surface area contributed by atoms with Gasteiger partial charge in [-0.2, -0.15) is 0 Å². The van der Waals surface area contributed by atoms with Crippen LogP contribution < -0.4 is 5.32 Å². The minimum atomic E-state index is -0.628. The molecule has 5 nitrogen and oxygen atoms in total. The topological polar surface area (TPSA) is 62.6 Å². The first-order valence-electron chi connectivity index (χ1n) is 9.35. The summed E-state index contributed by atoms with van der Waals surface area (Å²) in [6, 6.07) is 11.6. The van der Waals surface area contributed by atoms with E-state index in [1.54, 1.807) is 29.4 Å². The summed E-state index contributed by atoms with van der Waals surface area (Å²) < 4.78 is 5.55. The number of furan rings is 1. The number of hydrogen-bond donors (Lipinski definition) is 1. The van der Waals surface area contributed by atoms with Gasteiger partial charge in [0.15, 0.2) is 0 Å². The monoisotopic (exact) mass is 370 g/mol. The van der Waals surface area contributed by atoms with Crippen molar-refractivity contribution in [1.29, 1.82) is 0 Å². The van der Waals surface area contributed by atoms with Crippen LogP contribution in [0.2, 0.25) is 0 Å². The molecule has 1 aromatic carbocycles. The Bertz CT molecular complexity index is 746. The molecule has 0 radical (unpaired) electrons. The van der Waals surface area contributed by atoms with E-state index in [1.165, 1.54) is 0 Å². The summed E-state index contributed by atoms with van der Waals surface area (Å²) in [5.74, 6) is 0.216. The molecule has 0 unspecified atom stereocenters. The van der Waals surface area contributed by atoms with E-state index >= 15 is 0 Å². The third kappa shape index (κ3) is 5.22. The Labute approximate surface area is 161 Å². The van der Waals surface area contributed by atoms with Crippen LogP contribution in [-0.4, -0.2) is 28.3 Å². The molecular formula is C22H30N2O3. The molecule has 0 bridgehead atoms. The predicted octanol–water partition coefficient (Wildman–Crippen LogP) is 4.42. The molecule has 0 aliphatic carbocycles. The summed E-state index contributed by atoms with van der Waals surface area (Å²) in [6.07, 6.45) is 1.58. The van der Waals surface area contributed by atoms with Gasteiger partial charge in [-0.25, -0.2) is 0 Å². The molecule has 0 spiro atoms. The van der Waals surface area contributed by atoms with Crippen molar-refractivity contribution in [1.82, 2.24) is 10.2 Å². The first kappa shape index (κ1) is 20.7. The molecule has 1 aromatic heterocycles. The number of carbonyl (C=O) groups is 2. The van der Waals surface area contributed by atoms with E-state index in [-0.39, 0.29) is 29.3 Å². The third-order valence-electron chi connectivity index (χ3n) is 4.33. The van der Waals surface area contributed by atoms with E-state index < -0.39 is 6.04 Å². The largest absolute Gasteiger partial charge is 0.467 e. The first-order chi connectivity index (χ1) is 12.6. The van der Waals surface area contributed by atoms with Gasteiger partial charge in [-0.3, -0.25) is 9.59 Å². The average molecular weight is 370 g/mol. The third-order valence-corrected chi connectivity index (χ3v) is 4.33. The zero-order valence-electron chi connectivity index (χ0n) is 17.0. The summed E-state index contributed by atoms with van der Waals surface area (Å²) in [5.41, 5.74) is 0.157. The van der Waals surface area contributed by atoms with Crippen LogP contribution in [0.3, 0.4) is 0 Å². The van der Waals surface area contributed by atoms with Crippen molar-refractivity contribution < 1.29 is 14.0 Å². The number of nitrogens with one attached hydrogen (secondary N) is 1. The molecule has 0 fully saturated rings. The number of rotatable bonds is 6. The van der Waals surface area contributed by atoms with Gasteiger partial charge in [-0.15, -0.1) is 0 Å². The molecular weight excluding hydrogens is 340 g/mol. The van der Waals surface area contributed by atoms with Crippen molar-refractivity contribution in [3.63, 3.8) is 0 Å². The summed E-state index contributed by atoms with van der Waals surface area (Å²) in [6.45, 7) is 11.6. The van der Waals surface area contributed by atoms with Crippen molar-refractivity contribution in [2.24, 2.45) is 5.92 Å². The molecule has 1 heterocycles. The molecule has 5 heteroatoms. The maximum absolute atomic E-state index is 13.4. The van der Waals surface area contributed by atoms with Crippen molar-refractivity contribution in [3.05, 3.63) is 60.1 Å². The van der Waals surface area contributed by atoms with E-state index in [0.717, 1.165) is 0 Å². The lowest BCUT2D eigenvalue weighted by Crippen LogP contribution is -2.56. The highest BCUT2D eigenvalue weighted by Gasteiger charge is 2.38. The molecule has 0 aliphatic heterocycles. The Morgan fingerprint density at radius 3 is 2.11 bits per heavy atom. The van der Waals surface area contributed by atoms with E-state index in [1.807, 2.05) is 65.8 Å². The zero-order chi connectivity index (χ0) is 20.2. The average Bonchev–Trinajstić information content (AvgIpc) is 3.11. The Morgan fingerprint density at radius 1 is 1.00 bits per heavy atom. The fourth-order valence-electron chi connectivity index (χ4n) is 3.13. The van der Waals surface area contributed by atoms with E-state index in [9.17, 15) is 9.59 Å². The Hall–Kier alpha value is -2.56. The second-order valence-electron chi connectivity index (χ2n) is 8.20. The fourth-order valence-corrected chi connectivity index (χ4v) is 3.13. The van der Waals surface area contributed by atoms with E-state index in [4.69, 9.17) is 4.42 Å². The maximum atomic E-state index is 13.4. The molecule has 1 N–H and O–H groups in total. The minimum absolute atomic E-state index is 0.0718.